The van der Waals surface area contributed by atoms with Gasteiger partial charge in [0.15, 0.2) is 6.29 Å². The van der Waals surface area contributed by atoms with E-state index in [4.69, 9.17) is 9.47 Å². The Kier molecular flexibility index (Phi) is 5.47. The molecule has 1 aliphatic rings. The van der Waals surface area contributed by atoms with Crippen LogP contribution in [-0.2, 0) is 22.4 Å². The fraction of sp³-hybridized carbons (Fsp3) is 0.846. The van der Waals surface area contributed by atoms with Gasteiger partial charge in [-0.2, -0.15) is 0 Å². The van der Waals surface area contributed by atoms with E-state index in [1.54, 1.807) is 4.68 Å². The molecule has 0 aliphatic carbocycles. The summed E-state index contributed by atoms with van der Waals surface area (Å²) in [6.07, 6.45) is 2.88. The van der Waals surface area contributed by atoms with Crippen molar-refractivity contribution in [3.63, 3.8) is 0 Å². The number of ether oxygens (including phenoxy) is 2. The Morgan fingerprint density at radius 2 is 2.15 bits per heavy atom. The summed E-state index contributed by atoms with van der Waals surface area (Å²) in [5.74, 6) is 0. The summed E-state index contributed by atoms with van der Waals surface area (Å²) in [6, 6.07) is 0. The number of methoxy groups -OCH3 is 1. The molecule has 7 nitrogen and oxygen atoms in total. The maximum Gasteiger partial charge on any atom is 0.186 e. The van der Waals surface area contributed by atoms with Gasteiger partial charge in [0.1, 0.15) is 18.3 Å². The van der Waals surface area contributed by atoms with Crippen LogP contribution in [0.5, 0.6) is 0 Å². The Labute approximate surface area is 118 Å². The second kappa shape index (κ2) is 7.12. The standard InChI is InChI=1S/C13H23N3O4/c1-3-4-5-6-9-7-16(15-14-9)8-10-11(17)12(18)13(19-2)20-10/h7,10-13,17-18H,3-6,8H2,1-2H3/t10-,11-,12+,13+/m1/s1. The minimum Gasteiger partial charge on any atom is -0.387 e. The third kappa shape index (κ3) is 3.54. The molecule has 0 aromatic carbocycles. The van der Waals surface area contributed by atoms with Gasteiger partial charge in [0.25, 0.3) is 0 Å². The van der Waals surface area contributed by atoms with Crippen LogP contribution in [0, 0.1) is 0 Å². The normalized spacial score (nSPS) is 30.0. The molecule has 0 radical (unpaired) electrons. The number of aromatic nitrogens is 3. The quantitative estimate of drug-likeness (QED) is 0.691. The van der Waals surface area contributed by atoms with Crippen LogP contribution < -0.4 is 0 Å². The van der Waals surface area contributed by atoms with Crippen LogP contribution in [0.4, 0.5) is 0 Å². The molecule has 7 heteroatoms. The predicted molar refractivity (Wildman–Crippen MR) is 70.9 cm³/mol. The molecule has 1 aromatic heterocycles. The maximum atomic E-state index is 9.88. The lowest BCUT2D eigenvalue weighted by atomic mass is 10.1. The molecule has 0 spiro atoms. The first-order chi connectivity index (χ1) is 9.65. The van der Waals surface area contributed by atoms with Crippen LogP contribution in [0.1, 0.15) is 31.9 Å². The van der Waals surface area contributed by atoms with Crippen molar-refractivity contribution in [1.29, 1.82) is 0 Å². The van der Waals surface area contributed by atoms with Gasteiger partial charge in [-0.25, -0.2) is 4.68 Å². The molecule has 4 atom stereocenters. The van der Waals surface area contributed by atoms with Gasteiger partial charge in [0.05, 0.1) is 12.2 Å². The molecule has 1 fully saturated rings. The van der Waals surface area contributed by atoms with Gasteiger partial charge in [-0.15, -0.1) is 5.10 Å². The third-order valence-corrected chi connectivity index (χ3v) is 3.54. The van der Waals surface area contributed by atoms with Crippen molar-refractivity contribution in [3.8, 4) is 0 Å². The highest BCUT2D eigenvalue weighted by Gasteiger charge is 2.43. The van der Waals surface area contributed by atoms with E-state index in [9.17, 15) is 10.2 Å². The second-order valence-electron chi connectivity index (χ2n) is 5.15. The highest BCUT2D eigenvalue weighted by atomic mass is 16.7. The second-order valence-corrected chi connectivity index (χ2v) is 5.15. The van der Waals surface area contributed by atoms with E-state index in [-0.39, 0.29) is 0 Å². The van der Waals surface area contributed by atoms with Crippen molar-refractivity contribution in [2.24, 2.45) is 0 Å². The number of unbranched alkanes of at least 4 members (excludes halogenated alkanes) is 2. The minimum absolute atomic E-state index is 0.346. The van der Waals surface area contributed by atoms with Crippen molar-refractivity contribution in [3.05, 3.63) is 11.9 Å². The molecule has 1 aromatic rings. The third-order valence-electron chi connectivity index (χ3n) is 3.54. The van der Waals surface area contributed by atoms with Crippen molar-refractivity contribution in [1.82, 2.24) is 15.0 Å². The Morgan fingerprint density at radius 3 is 2.80 bits per heavy atom. The van der Waals surface area contributed by atoms with Gasteiger partial charge < -0.3 is 19.7 Å². The maximum absolute atomic E-state index is 9.88. The van der Waals surface area contributed by atoms with Crippen LogP contribution in [-0.4, -0.2) is 56.9 Å². The molecule has 2 N–H and O–H groups in total. The summed E-state index contributed by atoms with van der Waals surface area (Å²) in [6.45, 7) is 2.51. The molecule has 0 bridgehead atoms. The Morgan fingerprint density at radius 1 is 1.35 bits per heavy atom. The monoisotopic (exact) mass is 285 g/mol. The molecule has 1 aliphatic heterocycles. The molecule has 0 unspecified atom stereocenters. The van der Waals surface area contributed by atoms with Crippen molar-refractivity contribution in [2.75, 3.05) is 7.11 Å². The minimum atomic E-state index is -1.03. The van der Waals surface area contributed by atoms with Crippen LogP contribution in [0.15, 0.2) is 6.20 Å². The number of aryl methyl sites for hydroxylation is 1. The van der Waals surface area contributed by atoms with Crippen molar-refractivity contribution >= 4 is 0 Å². The van der Waals surface area contributed by atoms with Crippen molar-refractivity contribution in [2.45, 2.75) is 63.8 Å². The number of nitrogens with zero attached hydrogens (tertiary/aromatic N) is 3. The van der Waals surface area contributed by atoms with Gasteiger partial charge in [-0.3, -0.25) is 0 Å². The Hall–Kier alpha value is -1.02. The average molecular weight is 285 g/mol. The molecule has 1 saturated heterocycles. The van der Waals surface area contributed by atoms with Gasteiger partial charge in [0.2, 0.25) is 0 Å². The zero-order valence-corrected chi connectivity index (χ0v) is 12.0. The van der Waals surface area contributed by atoms with Crippen LogP contribution in [0.2, 0.25) is 0 Å². The summed E-state index contributed by atoms with van der Waals surface area (Å²) >= 11 is 0. The summed E-state index contributed by atoms with van der Waals surface area (Å²) in [7, 11) is 1.43. The Balaban J connectivity index is 1.87. The molecular weight excluding hydrogens is 262 g/mol. The lowest BCUT2D eigenvalue weighted by Gasteiger charge is -2.13. The molecule has 0 amide bonds. The largest absolute Gasteiger partial charge is 0.387 e. The van der Waals surface area contributed by atoms with Crippen LogP contribution in [0.3, 0.4) is 0 Å². The fourth-order valence-corrected chi connectivity index (χ4v) is 2.34. The van der Waals surface area contributed by atoms with Crippen LogP contribution in [0.25, 0.3) is 0 Å². The number of rotatable bonds is 7. The number of hydrogen-bond acceptors (Lipinski definition) is 6. The van der Waals surface area contributed by atoms with Gasteiger partial charge in [-0.05, 0) is 12.8 Å². The summed E-state index contributed by atoms with van der Waals surface area (Å²) in [5, 5.41) is 27.7. The van der Waals surface area contributed by atoms with E-state index < -0.39 is 24.6 Å². The number of hydrogen-bond donors (Lipinski definition) is 2. The average Bonchev–Trinajstić information content (AvgIpc) is 2.99. The zero-order valence-electron chi connectivity index (χ0n) is 12.0. The van der Waals surface area contributed by atoms with E-state index in [2.05, 4.69) is 17.2 Å². The molecule has 2 heterocycles. The first kappa shape index (κ1) is 15.4. The number of aliphatic hydroxyl groups excluding tert-OH is 2. The fourth-order valence-electron chi connectivity index (χ4n) is 2.34. The molecule has 20 heavy (non-hydrogen) atoms. The van der Waals surface area contributed by atoms with Crippen molar-refractivity contribution < 1.29 is 19.7 Å². The van der Waals surface area contributed by atoms with Crippen LogP contribution >= 0.6 is 0 Å². The van der Waals surface area contributed by atoms with Gasteiger partial charge in [-0.1, -0.05) is 25.0 Å². The Bertz CT molecular complexity index is 412. The SMILES string of the molecule is CCCCCc1cn(C[C@H]2O[C@H](OC)[C@@H](O)[C@@H]2O)nn1. The lowest BCUT2D eigenvalue weighted by molar-refractivity contribution is -0.150. The zero-order chi connectivity index (χ0) is 14.5. The number of aliphatic hydroxyl groups is 2. The summed E-state index contributed by atoms with van der Waals surface area (Å²) in [5.41, 5.74) is 0.940. The first-order valence-electron chi connectivity index (χ1n) is 7.09. The van der Waals surface area contributed by atoms with E-state index in [1.165, 1.54) is 20.0 Å². The highest BCUT2D eigenvalue weighted by Crippen LogP contribution is 2.22. The van der Waals surface area contributed by atoms with E-state index in [0.29, 0.717) is 6.54 Å². The summed E-state index contributed by atoms with van der Waals surface area (Å²) < 4.78 is 12.0. The van der Waals surface area contributed by atoms with Gasteiger partial charge >= 0.3 is 0 Å². The highest BCUT2D eigenvalue weighted by molar-refractivity contribution is 4.94. The smallest absolute Gasteiger partial charge is 0.186 e. The first-order valence-corrected chi connectivity index (χ1v) is 7.09. The predicted octanol–water partition coefficient (Wildman–Crippen LogP) is 0.104. The molecule has 114 valence electrons. The topological polar surface area (TPSA) is 89.6 Å². The van der Waals surface area contributed by atoms with E-state index in [1.807, 2.05) is 6.20 Å². The van der Waals surface area contributed by atoms with E-state index >= 15 is 0 Å². The summed E-state index contributed by atoms with van der Waals surface area (Å²) in [4.78, 5) is 0. The molecular formula is C13H23N3O4. The lowest BCUT2D eigenvalue weighted by Crippen LogP contribution is -2.34. The van der Waals surface area contributed by atoms with E-state index in [0.717, 1.165) is 18.5 Å². The van der Waals surface area contributed by atoms with Gasteiger partial charge in [0, 0.05) is 13.3 Å². The molecule has 2 rings (SSSR count). The molecule has 0 saturated carbocycles.